The maximum Gasteiger partial charge on any atom is 0.303 e. The molecule has 2 rings (SSSR count). The molecular weight excluding hydrogens is 318 g/mol. The Hall–Kier alpha value is -1.75. The van der Waals surface area contributed by atoms with Crippen LogP contribution in [0.3, 0.4) is 0 Å². The third-order valence-electron chi connectivity index (χ3n) is 5.05. The van der Waals surface area contributed by atoms with Crippen molar-refractivity contribution in [2.75, 3.05) is 20.8 Å². The molecule has 0 fully saturated rings. The minimum atomic E-state index is -0.687. The summed E-state index contributed by atoms with van der Waals surface area (Å²) in [6.07, 6.45) is 6.60. The Kier molecular flexibility index (Phi) is 7.56. The van der Waals surface area contributed by atoms with Gasteiger partial charge in [0.15, 0.2) is 11.5 Å². The molecule has 25 heavy (non-hydrogen) atoms. The van der Waals surface area contributed by atoms with Crippen LogP contribution in [0.25, 0.3) is 0 Å². The zero-order valence-electron chi connectivity index (χ0n) is 15.7. The molecule has 5 nitrogen and oxygen atoms in total. The summed E-state index contributed by atoms with van der Waals surface area (Å²) in [5, 5.41) is 8.64. The van der Waals surface area contributed by atoms with Crippen molar-refractivity contribution in [3.05, 3.63) is 23.3 Å². The number of hydrogen-bond acceptors (Lipinski definition) is 4. The minimum absolute atomic E-state index is 0.297. The summed E-state index contributed by atoms with van der Waals surface area (Å²) in [4.78, 5) is 13.0. The average molecular weight is 349 g/mol. The largest absolute Gasteiger partial charge is 0.493 e. The molecule has 1 aliphatic heterocycles. The summed E-state index contributed by atoms with van der Waals surface area (Å²) in [6, 6.07) is 4.75. The van der Waals surface area contributed by atoms with E-state index in [1.54, 1.807) is 14.2 Å². The summed E-state index contributed by atoms with van der Waals surface area (Å²) in [5.74, 6) is 0.922. The molecule has 1 atom stereocenters. The molecule has 0 radical (unpaired) electrons. The number of aliphatic carboxylic acids is 1. The van der Waals surface area contributed by atoms with Gasteiger partial charge in [-0.2, -0.15) is 0 Å². The van der Waals surface area contributed by atoms with Crippen LogP contribution in [0.1, 0.15) is 56.6 Å². The van der Waals surface area contributed by atoms with Gasteiger partial charge < -0.3 is 14.6 Å². The van der Waals surface area contributed by atoms with Gasteiger partial charge in [0.25, 0.3) is 0 Å². The quantitative estimate of drug-likeness (QED) is 0.650. The Balaban J connectivity index is 1.81. The molecule has 0 bridgehead atoms. The van der Waals surface area contributed by atoms with Gasteiger partial charge in [0, 0.05) is 19.0 Å². The maximum atomic E-state index is 10.5. The SMILES string of the molecule is COc1cc2c(cc1OC)CN(CCCCCCCC(=O)O)C(C)C2. The molecule has 0 aromatic heterocycles. The van der Waals surface area contributed by atoms with Gasteiger partial charge in [-0.25, -0.2) is 0 Å². The lowest BCUT2D eigenvalue weighted by Crippen LogP contribution is -2.38. The number of carboxylic acid groups (broad SMARTS) is 1. The van der Waals surface area contributed by atoms with Crippen LogP contribution in [-0.4, -0.2) is 42.8 Å². The number of nitrogens with zero attached hydrogens (tertiary/aromatic N) is 1. The Bertz CT molecular complexity index is 573. The highest BCUT2D eigenvalue weighted by Crippen LogP contribution is 2.34. The molecular formula is C20H31NO4. The summed E-state index contributed by atoms with van der Waals surface area (Å²) < 4.78 is 10.8. The molecule has 1 aromatic carbocycles. The molecule has 0 saturated heterocycles. The number of carbonyl (C=O) groups is 1. The molecule has 140 valence electrons. The lowest BCUT2D eigenvalue weighted by Gasteiger charge is -2.35. The van der Waals surface area contributed by atoms with E-state index in [0.29, 0.717) is 12.5 Å². The Morgan fingerprint density at radius 1 is 1.08 bits per heavy atom. The number of carboxylic acids is 1. The first-order valence-corrected chi connectivity index (χ1v) is 9.24. The fourth-order valence-electron chi connectivity index (χ4n) is 3.54. The van der Waals surface area contributed by atoms with E-state index in [1.807, 2.05) is 0 Å². The van der Waals surface area contributed by atoms with Crippen LogP contribution in [-0.2, 0) is 17.8 Å². The van der Waals surface area contributed by atoms with E-state index < -0.39 is 5.97 Å². The molecule has 0 amide bonds. The number of methoxy groups -OCH3 is 2. The van der Waals surface area contributed by atoms with Crippen LogP contribution in [0, 0.1) is 0 Å². The first-order valence-electron chi connectivity index (χ1n) is 9.24. The molecule has 0 aliphatic carbocycles. The molecule has 1 heterocycles. The van der Waals surface area contributed by atoms with Crippen molar-refractivity contribution in [2.45, 2.75) is 64.5 Å². The first kappa shape index (κ1) is 19.6. The first-order chi connectivity index (χ1) is 12.0. The van der Waals surface area contributed by atoms with E-state index in [-0.39, 0.29) is 0 Å². The zero-order chi connectivity index (χ0) is 18.2. The smallest absolute Gasteiger partial charge is 0.303 e. The number of hydrogen-bond donors (Lipinski definition) is 1. The second-order valence-electron chi connectivity index (χ2n) is 6.91. The summed E-state index contributed by atoms with van der Waals surface area (Å²) in [5.41, 5.74) is 2.69. The van der Waals surface area contributed by atoms with Crippen molar-refractivity contribution in [1.29, 1.82) is 0 Å². The normalized spacial score (nSPS) is 17.2. The monoisotopic (exact) mass is 349 g/mol. The fraction of sp³-hybridized carbons (Fsp3) is 0.650. The predicted octanol–water partition coefficient (Wildman–Crippen LogP) is 3.88. The minimum Gasteiger partial charge on any atom is -0.493 e. The number of unbranched alkanes of at least 4 members (excludes halogenated alkanes) is 4. The summed E-state index contributed by atoms with van der Waals surface area (Å²) >= 11 is 0. The lowest BCUT2D eigenvalue weighted by atomic mass is 9.93. The van der Waals surface area contributed by atoms with Crippen LogP contribution >= 0.6 is 0 Å². The second-order valence-corrected chi connectivity index (χ2v) is 6.91. The lowest BCUT2D eigenvalue weighted by molar-refractivity contribution is -0.137. The van der Waals surface area contributed by atoms with E-state index in [4.69, 9.17) is 14.6 Å². The molecule has 1 aliphatic rings. The number of rotatable bonds is 10. The predicted molar refractivity (Wildman–Crippen MR) is 98.5 cm³/mol. The summed E-state index contributed by atoms with van der Waals surface area (Å²) in [6.45, 7) is 4.33. The fourth-order valence-corrected chi connectivity index (χ4v) is 3.54. The molecule has 1 N–H and O–H groups in total. The van der Waals surface area contributed by atoms with Crippen LogP contribution in [0.2, 0.25) is 0 Å². The van der Waals surface area contributed by atoms with Crippen molar-refractivity contribution in [3.63, 3.8) is 0 Å². The van der Waals surface area contributed by atoms with Gasteiger partial charge in [-0.1, -0.05) is 19.3 Å². The highest BCUT2D eigenvalue weighted by atomic mass is 16.5. The van der Waals surface area contributed by atoms with Gasteiger partial charge in [-0.05, 0) is 56.0 Å². The standard InChI is InChI=1S/C20H31NO4/c1-15-11-16-12-18(24-2)19(25-3)13-17(16)14-21(15)10-8-6-4-5-7-9-20(22)23/h12-13,15H,4-11,14H2,1-3H3,(H,22,23). The molecule has 0 spiro atoms. The summed E-state index contributed by atoms with van der Waals surface area (Å²) in [7, 11) is 3.36. The molecule has 5 heteroatoms. The van der Waals surface area contributed by atoms with Crippen molar-refractivity contribution < 1.29 is 19.4 Å². The second kappa shape index (κ2) is 9.66. The van der Waals surface area contributed by atoms with Crippen molar-refractivity contribution in [2.24, 2.45) is 0 Å². The molecule has 1 unspecified atom stereocenters. The van der Waals surface area contributed by atoms with E-state index in [9.17, 15) is 4.79 Å². The Labute approximate surface area is 150 Å². The van der Waals surface area contributed by atoms with Crippen LogP contribution in [0.4, 0.5) is 0 Å². The van der Waals surface area contributed by atoms with Crippen LogP contribution in [0.5, 0.6) is 11.5 Å². The molecule has 1 aromatic rings. The van der Waals surface area contributed by atoms with Crippen LogP contribution < -0.4 is 9.47 Å². The van der Waals surface area contributed by atoms with Crippen molar-refractivity contribution >= 4 is 5.97 Å². The van der Waals surface area contributed by atoms with E-state index in [0.717, 1.165) is 50.3 Å². The van der Waals surface area contributed by atoms with Gasteiger partial charge >= 0.3 is 5.97 Å². The Morgan fingerprint density at radius 2 is 1.68 bits per heavy atom. The topological polar surface area (TPSA) is 59.0 Å². The Morgan fingerprint density at radius 3 is 2.32 bits per heavy atom. The number of ether oxygens (including phenoxy) is 2. The highest BCUT2D eigenvalue weighted by molar-refractivity contribution is 5.66. The van der Waals surface area contributed by atoms with Gasteiger partial charge in [0.05, 0.1) is 14.2 Å². The van der Waals surface area contributed by atoms with Crippen LogP contribution in [0.15, 0.2) is 12.1 Å². The number of fused-ring (bicyclic) bond motifs is 1. The van der Waals surface area contributed by atoms with Crippen molar-refractivity contribution in [3.8, 4) is 11.5 Å². The maximum absolute atomic E-state index is 10.5. The third-order valence-corrected chi connectivity index (χ3v) is 5.05. The van der Waals surface area contributed by atoms with Gasteiger partial charge in [0.2, 0.25) is 0 Å². The third kappa shape index (κ3) is 5.63. The van der Waals surface area contributed by atoms with Gasteiger partial charge in [0.1, 0.15) is 0 Å². The zero-order valence-corrected chi connectivity index (χ0v) is 15.7. The van der Waals surface area contributed by atoms with Gasteiger partial charge in [-0.3, -0.25) is 9.69 Å². The highest BCUT2D eigenvalue weighted by Gasteiger charge is 2.24. The van der Waals surface area contributed by atoms with Gasteiger partial charge in [-0.15, -0.1) is 0 Å². The molecule has 0 saturated carbocycles. The van der Waals surface area contributed by atoms with E-state index >= 15 is 0 Å². The van der Waals surface area contributed by atoms with E-state index in [1.165, 1.54) is 24.0 Å². The average Bonchev–Trinajstić information content (AvgIpc) is 2.59. The number of benzene rings is 1. The van der Waals surface area contributed by atoms with Crippen molar-refractivity contribution in [1.82, 2.24) is 4.90 Å². The van der Waals surface area contributed by atoms with E-state index in [2.05, 4.69) is 24.0 Å².